The quantitative estimate of drug-likeness (QED) is 0.471. The Morgan fingerprint density at radius 1 is 1.08 bits per heavy atom. The van der Waals surface area contributed by atoms with Gasteiger partial charge in [-0.2, -0.15) is 5.57 Å². The first-order chi connectivity index (χ1) is 4.38. The zero-order valence-electron chi connectivity index (χ0n) is 8.82. The number of halogens is 2. The van der Waals surface area contributed by atoms with Gasteiger partial charge in [0.25, 0.3) is 0 Å². The molecule has 0 spiro atoms. The van der Waals surface area contributed by atoms with Crippen molar-refractivity contribution in [2.75, 3.05) is 0 Å². The van der Waals surface area contributed by atoms with Crippen LogP contribution in [-0.4, -0.2) is 0 Å². The van der Waals surface area contributed by atoms with Crippen LogP contribution in [0.3, 0.4) is 0 Å². The predicted molar refractivity (Wildman–Crippen MR) is 58.0 cm³/mol. The van der Waals surface area contributed by atoms with Crippen molar-refractivity contribution in [3.8, 4) is 0 Å². The van der Waals surface area contributed by atoms with Crippen LogP contribution in [0.5, 0.6) is 0 Å². The number of hydrogen-bond acceptors (Lipinski definition) is 0. The molecule has 1 aliphatic rings. The zero-order valence-corrected chi connectivity index (χ0v) is 12.9. The van der Waals surface area contributed by atoms with Crippen molar-refractivity contribution in [1.29, 1.82) is 0 Å². The maximum Gasteiger partial charge on any atom is 0 e. The van der Waals surface area contributed by atoms with Gasteiger partial charge in [0.1, 0.15) is 0 Å². The molecule has 0 bridgehead atoms. The Hall–Kier alpha value is 0.983. The second-order valence-corrected chi connectivity index (χ2v) is 4.12. The van der Waals surface area contributed by atoms with Crippen LogP contribution in [0.2, 0.25) is 0 Å². The van der Waals surface area contributed by atoms with Crippen LogP contribution in [-0.2, 0) is 26.2 Å². The van der Waals surface area contributed by atoms with Crippen LogP contribution in [0, 0.1) is 16.9 Å². The molecule has 76 valence electrons. The molecule has 0 aliphatic heterocycles. The largest absolute Gasteiger partial charge is 0.331 e. The SMILES string of the molecule is CC1=C=[C-]C(C)(C)C1(C)C.Cl.Cl.[Zr]. The summed E-state index contributed by atoms with van der Waals surface area (Å²) in [6.07, 6.45) is 3.25. The zero-order chi connectivity index (χ0) is 7.99. The Balaban J connectivity index is -0.000000333. The van der Waals surface area contributed by atoms with E-state index in [4.69, 9.17) is 0 Å². The van der Waals surface area contributed by atoms with E-state index in [1.54, 1.807) is 0 Å². The summed E-state index contributed by atoms with van der Waals surface area (Å²) in [5.41, 5.74) is 4.89. The first kappa shape index (κ1) is 19.5. The fourth-order valence-electron chi connectivity index (χ4n) is 1.03. The summed E-state index contributed by atoms with van der Waals surface area (Å²) >= 11 is 0. The van der Waals surface area contributed by atoms with Crippen molar-refractivity contribution in [2.45, 2.75) is 34.6 Å². The molecule has 1 aliphatic carbocycles. The Labute approximate surface area is 113 Å². The summed E-state index contributed by atoms with van der Waals surface area (Å²) < 4.78 is 0. The van der Waals surface area contributed by atoms with Crippen molar-refractivity contribution in [2.24, 2.45) is 10.8 Å². The molecule has 0 atom stereocenters. The fourth-order valence-corrected chi connectivity index (χ4v) is 1.03. The molecule has 0 saturated heterocycles. The van der Waals surface area contributed by atoms with Gasteiger partial charge in [-0.3, -0.25) is 0 Å². The molecule has 0 fully saturated rings. The van der Waals surface area contributed by atoms with E-state index in [1.807, 2.05) is 0 Å². The molecule has 0 aromatic rings. The molecule has 1 rings (SSSR count). The minimum absolute atomic E-state index is 0. The molecule has 0 unspecified atom stereocenters. The van der Waals surface area contributed by atoms with Gasteiger partial charge in [-0.05, 0) is 0 Å². The molecule has 0 aromatic carbocycles. The van der Waals surface area contributed by atoms with Crippen molar-refractivity contribution < 1.29 is 26.2 Å². The van der Waals surface area contributed by atoms with Crippen LogP contribution in [0.25, 0.3) is 0 Å². The van der Waals surface area contributed by atoms with E-state index in [-0.39, 0.29) is 61.8 Å². The molecule has 0 N–H and O–H groups in total. The summed E-state index contributed by atoms with van der Waals surface area (Å²) in [6.45, 7) is 11.0. The van der Waals surface area contributed by atoms with Crippen molar-refractivity contribution >= 4 is 24.8 Å². The number of hydrogen-bond donors (Lipinski definition) is 0. The third-order valence-corrected chi connectivity index (χ3v) is 3.06. The van der Waals surface area contributed by atoms with E-state index in [2.05, 4.69) is 46.4 Å². The monoisotopic (exact) mass is 297 g/mol. The van der Waals surface area contributed by atoms with Gasteiger partial charge in [-0.25, -0.2) is 6.08 Å². The Morgan fingerprint density at radius 2 is 1.46 bits per heavy atom. The topological polar surface area (TPSA) is 0 Å². The summed E-state index contributed by atoms with van der Waals surface area (Å²) in [4.78, 5) is 0. The Morgan fingerprint density at radius 3 is 1.54 bits per heavy atom. The smallest absolute Gasteiger partial charge is 0 e. The third-order valence-electron chi connectivity index (χ3n) is 3.06. The van der Waals surface area contributed by atoms with Gasteiger partial charge in [0.2, 0.25) is 0 Å². The van der Waals surface area contributed by atoms with Gasteiger partial charge in [0.15, 0.2) is 0 Å². The minimum atomic E-state index is 0. The molecule has 0 nitrogen and oxygen atoms in total. The summed E-state index contributed by atoms with van der Waals surface area (Å²) in [7, 11) is 0. The molecule has 13 heavy (non-hydrogen) atoms. The molecular formula is C10H17Cl2Zr-. The standard InChI is InChI=1S/C10H15.2ClH.Zr/c1-8-6-7-9(2,3)10(8,4)5;;;/h1-5H3;2*1H;/q-1;;;. The van der Waals surface area contributed by atoms with E-state index in [9.17, 15) is 0 Å². The summed E-state index contributed by atoms with van der Waals surface area (Å²) in [5, 5.41) is 0. The third kappa shape index (κ3) is 3.24. The van der Waals surface area contributed by atoms with Gasteiger partial charge >= 0.3 is 0 Å². The predicted octanol–water partition coefficient (Wildman–Crippen LogP) is 3.80. The van der Waals surface area contributed by atoms with E-state index >= 15 is 0 Å². The molecule has 3 heteroatoms. The van der Waals surface area contributed by atoms with Crippen LogP contribution in [0.15, 0.2) is 11.3 Å². The first-order valence-corrected chi connectivity index (χ1v) is 3.75. The maximum absolute atomic E-state index is 3.25. The molecule has 0 heterocycles. The van der Waals surface area contributed by atoms with Crippen molar-refractivity contribution in [1.82, 2.24) is 0 Å². The second-order valence-electron chi connectivity index (χ2n) is 4.12. The maximum atomic E-state index is 3.25. The molecule has 0 aromatic heterocycles. The average molecular weight is 299 g/mol. The first-order valence-electron chi connectivity index (χ1n) is 3.75. The molecule has 0 saturated carbocycles. The van der Waals surface area contributed by atoms with E-state index in [0.717, 1.165) is 0 Å². The minimum Gasteiger partial charge on any atom is -0.331 e. The van der Waals surface area contributed by atoms with Crippen LogP contribution < -0.4 is 0 Å². The number of rotatable bonds is 0. The van der Waals surface area contributed by atoms with E-state index < -0.39 is 0 Å². The van der Waals surface area contributed by atoms with Gasteiger partial charge < -0.3 is 5.73 Å². The number of allylic oxidation sites excluding steroid dienone is 1. The molecular weight excluding hydrogens is 282 g/mol. The molecule has 0 amide bonds. The summed E-state index contributed by atoms with van der Waals surface area (Å²) in [5.74, 6) is 0. The van der Waals surface area contributed by atoms with Gasteiger partial charge in [0.05, 0.1) is 0 Å². The van der Waals surface area contributed by atoms with Crippen LogP contribution in [0.4, 0.5) is 0 Å². The van der Waals surface area contributed by atoms with Crippen molar-refractivity contribution in [3.05, 3.63) is 17.4 Å². The van der Waals surface area contributed by atoms with Crippen LogP contribution in [0.1, 0.15) is 34.6 Å². The summed E-state index contributed by atoms with van der Waals surface area (Å²) in [6, 6.07) is 0. The van der Waals surface area contributed by atoms with E-state index in [0.29, 0.717) is 0 Å². The normalized spacial score (nSPS) is 20.5. The Bertz CT molecular complexity index is 223. The second kappa shape index (κ2) is 5.76. The fraction of sp³-hybridized carbons (Fsp3) is 0.700. The average Bonchev–Trinajstić information content (AvgIpc) is 1.94. The molecule has 0 radical (unpaired) electrons. The van der Waals surface area contributed by atoms with Gasteiger partial charge in [0, 0.05) is 26.2 Å². The van der Waals surface area contributed by atoms with Gasteiger partial charge in [-0.1, -0.05) is 38.5 Å². The van der Waals surface area contributed by atoms with Gasteiger partial charge in [-0.15, -0.1) is 31.7 Å². The van der Waals surface area contributed by atoms with Crippen LogP contribution >= 0.6 is 24.8 Å². The van der Waals surface area contributed by atoms with E-state index in [1.165, 1.54) is 5.57 Å². The van der Waals surface area contributed by atoms with Crippen molar-refractivity contribution in [3.63, 3.8) is 0 Å². The Kier molecular flexibility index (Phi) is 8.66.